The van der Waals surface area contributed by atoms with Gasteiger partial charge >= 0.3 is 0 Å². The van der Waals surface area contributed by atoms with Gasteiger partial charge in [0.15, 0.2) is 0 Å². The Morgan fingerprint density at radius 3 is 2.68 bits per heavy atom. The van der Waals surface area contributed by atoms with Crippen molar-refractivity contribution in [2.24, 2.45) is 0 Å². The van der Waals surface area contributed by atoms with Crippen molar-refractivity contribution in [1.82, 2.24) is 10.6 Å². The molecule has 1 unspecified atom stereocenters. The third kappa shape index (κ3) is 5.88. The van der Waals surface area contributed by atoms with Crippen molar-refractivity contribution in [1.29, 1.82) is 0 Å². The van der Waals surface area contributed by atoms with E-state index in [4.69, 9.17) is 0 Å². The highest BCUT2D eigenvalue weighted by Gasteiger charge is 2.05. The fourth-order valence-corrected chi connectivity index (χ4v) is 1.92. The molecule has 0 aliphatic heterocycles. The van der Waals surface area contributed by atoms with Gasteiger partial charge in [-0.3, -0.25) is 4.79 Å². The number of carbonyl (C=O) groups is 1. The number of amides is 1. The standard InChI is InChI=1S/C16H26N2O/c1-5-14(4)18-16(19)8-9-17-11-15-7-6-12(2)10-13(15)3/h6-7,10,14,17H,5,8-9,11H2,1-4H3,(H,18,19). The van der Waals surface area contributed by atoms with E-state index in [1.54, 1.807) is 0 Å². The molecule has 0 aromatic heterocycles. The molecule has 1 amide bonds. The molecular weight excluding hydrogens is 236 g/mol. The van der Waals surface area contributed by atoms with E-state index in [0.29, 0.717) is 6.42 Å². The quantitative estimate of drug-likeness (QED) is 0.742. The predicted octanol–water partition coefficient (Wildman–Crippen LogP) is 2.70. The topological polar surface area (TPSA) is 41.1 Å². The molecular formula is C16H26N2O. The summed E-state index contributed by atoms with van der Waals surface area (Å²) in [6.45, 7) is 9.87. The van der Waals surface area contributed by atoms with Gasteiger partial charge in [0.1, 0.15) is 0 Å². The zero-order valence-corrected chi connectivity index (χ0v) is 12.5. The summed E-state index contributed by atoms with van der Waals surface area (Å²) >= 11 is 0. The summed E-state index contributed by atoms with van der Waals surface area (Å²) in [6.07, 6.45) is 1.51. The zero-order valence-electron chi connectivity index (χ0n) is 12.5. The molecule has 0 aliphatic rings. The monoisotopic (exact) mass is 262 g/mol. The Labute approximate surface area is 116 Å². The minimum absolute atomic E-state index is 0.127. The molecule has 0 heterocycles. The van der Waals surface area contributed by atoms with Crippen LogP contribution in [0.25, 0.3) is 0 Å². The maximum Gasteiger partial charge on any atom is 0.221 e. The van der Waals surface area contributed by atoms with Crippen LogP contribution in [0.3, 0.4) is 0 Å². The molecule has 0 bridgehead atoms. The number of aryl methyl sites for hydroxylation is 2. The van der Waals surface area contributed by atoms with Gasteiger partial charge < -0.3 is 10.6 Å². The molecule has 106 valence electrons. The van der Waals surface area contributed by atoms with Gasteiger partial charge in [0.25, 0.3) is 0 Å². The Morgan fingerprint density at radius 1 is 1.32 bits per heavy atom. The summed E-state index contributed by atoms with van der Waals surface area (Å²) in [7, 11) is 0. The van der Waals surface area contributed by atoms with Crippen LogP contribution < -0.4 is 10.6 Å². The molecule has 1 rings (SSSR count). The number of benzene rings is 1. The van der Waals surface area contributed by atoms with E-state index in [0.717, 1.165) is 19.5 Å². The normalized spacial score (nSPS) is 12.2. The molecule has 0 fully saturated rings. The maximum absolute atomic E-state index is 11.6. The lowest BCUT2D eigenvalue weighted by Gasteiger charge is -2.12. The molecule has 0 aliphatic carbocycles. The van der Waals surface area contributed by atoms with E-state index in [1.807, 2.05) is 6.92 Å². The summed E-state index contributed by atoms with van der Waals surface area (Å²) < 4.78 is 0. The van der Waals surface area contributed by atoms with E-state index in [1.165, 1.54) is 16.7 Å². The van der Waals surface area contributed by atoms with Crippen molar-refractivity contribution in [3.05, 3.63) is 34.9 Å². The summed E-state index contributed by atoms with van der Waals surface area (Å²) in [5.74, 6) is 0.127. The maximum atomic E-state index is 11.6. The van der Waals surface area contributed by atoms with E-state index in [-0.39, 0.29) is 11.9 Å². The molecule has 2 N–H and O–H groups in total. The van der Waals surface area contributed by atoms with Crippen LogP contribution in [0.5, 0.6) is 0 Å². The van der Waals surface area contributed by atoms with E-state index in [9.17, 15) is 4.79 Å². The SMILES string of the molecule is CCC(C)NC(=O)CCNCc1ccc(C)cc1C. The van der Waals surface area contributed by atoms with Crippen LogP contribution in [-0.4, -0.2) is 18.5 Å². The Bertz CT molecular complexity index is 415. The third-order valence-corrected chi connectivity index (χ3v) is 3.36. The number of hydrogen-bond acceptors (Lipinski definition) is 2. The van der Waals surface area contributed by atoms with Crippen LogP contribution in [0.15, 0.2) is 18.2 Å². The van der Waals surface area contributed by atoms with Gasteiger partial charge in [-0.25, -0.2) is 0 Å². The van der Waals surface area contributed by atoms with Crippen LogP contribution in [0.4, 0.5) is 0 Å². The first kappa shape index (κ1) is 15.7. The highest BCUT2D eigenvalue weighted by atomic mass is 16.1. The van der Waals surface area contributed by atoms with Gasteiger partial charge in [-0.15, -0.1) is 0 Å². The molecule has 0 saturated carbocycles. The van der Waals surface area contributed by atoms with Crippen LogP contribution >= 0.6 is 0 Å². The smallest absolute Gasteiger partial charge is 0.221 e. The zero-order chi connectivity index (χ0) is 14.3. The highest BCUT2D eigenvalue weighted by molar-refractivity contribution is 5.76. The average molecular weight is 262 g/mol. The molecule has 0 radical (unpaired) electrons. The number of carbonyl (C=O) groups excluding carboxylic acids is 1. The van der Waals surface area contributed by atoms with E-state index in [2.05, 4.69) is 49.6 Å². The van der Waals surface area contributed by atoms with Gasteiger partial charge in [0.2, 0.25) is 5.91 Å². The van der Waals surface area contributed by atoms with Crippen LogP contribution in [-0.2, 0) is 11.3 Å². The van der Waals surface area contributed by atoms with Gasteiger partial charge in [0, 0.05) is 25.6 Å². The lowest BCUT2D eigenvalue weighted by Crippen LogP contribution is -2.33. The fraction of sp³-hybridized carbons (Fsp3) is 0.562. The molecule has 1 aromatic rings. The van der Waals surface area contributed by atoms with Crippen LogP contribution in [0.1, 0.15) is 43.4 Å². The Morgan fingerprint density at radius 2 is 2.05 bits per heavy atom. The molecule has 1 atom stereocenters. The van der Waals surface area contributed by atoms with Crippen molar-refractivity contribution >= 4 is 5.91 Å². The lowest BCUT2D eigenvalue weighted by atomic mass is 10.1. The van der Waals surface area contributed by atoms with Crippen LogP contribution in [0.2, 0.25) is 0 Å². The first-order valence-corrected chi connectivity index (χ1v) is 7.09. The second-order valence-electron chi connectivity index (χ2n) is 5.23. The first-order chi connectivity index (χ1) is 9.02. The van der Waals surface area contributed by atoms with Gasteiger partial charge in [-0.1, -0.05) is 30.7 Å². The van der Waals surface area contributed by atoms with Gasteiger partial charge in [-0.05, 0) is 38.3 Å². The van der Waals surface area contributed by atoms with Crippen molar-refractivity contribution < 1.29 is 4.79 Å². The second kappa shape index (κ2) is 7.95. The van der Waals surface area contributed by atoms with E-state index < -0.39 is 0 Å². The number of hydrogen-bond donors (Lipinski definition) is 2. The van der Waals surface area contributed by atoms with Crippen molar-refractivity contribution in [3.63, 3.8) is 0 Å². The molecule has 1 aromatic carbocycles. The second-order valence-corrected chi connectivity index (χ2v) is 5.23. The Balaban J connectivity index is 2.25. The third-order valence-electron chi connectivity index (χ3n) is 3.36. The van der Waals surface area contributed by atoms with Gasteiger partial charge in [-0.2, -0.15) is 0 Å². The predicted molar refractivity (Wildman–Crippen MR) is 80.1 cm³/mol. The highest BCUT2D eigenvalue weighted by Crippen LogP contribution is 2.09. The fourth-order valence-electron chi connectivity index (χ4n) is 1.92. The Kier molecular flexibility index (Phi) is 6.57. The van der Waals surface area contributed by atoms with Crippen molar-refractivity contribution in [2.75, 3.05) is 6.54 Å². The summed E-state index contributed by atoms with van der Waals surface area (Å²) in [5, 5.41) is 6.29. The van der Waals surface area contributed by atoms with E-state index >= 15 is 0 Å². The molecule has 19 heavy (non-hydrogen) atoms. The summed E-state index contributed by atoms with van der Waals surface area (Å²) in [6, 6.07) is 6.73. The number of rotatable bonds is 7. The Hall–Kier alpha value is -1.35. The molecule has 3 heteroatoms. The average Bonchev–Trinajstić information content (AvgIpc) is 2.36. The molecule has 3 nitrogen and oxygen atoms in total. The number of nitrogens with one attached hydrogen (secondary N) is 2. The minimum atomic E-state index is 0.127. The largest absolute Gasteiger partial charge is 0.354 e. The van der Waals surface area contributed by atoms with Crippen LogP contribution in [0, 0.1) is 13.8 Å². The van der Waals surface area contributed by atoms with Gasteiger partial charge in [0.05, 0.1) is 0 Å². The molecule has 0 spiro atoms. The van der Waals surface area contributed by atoms with Crippen molar-refractivity contribution in [2.45, 2.75) is 53.1 Å². The minimum Gasteiger partial charge on any atom is -0.354 e. The summed E-state index contributed by atoms with van der Waals surface area (Å²) in [5.41, 5.74) is 3.89. The molecule has 0 saturated heterocycles. The van der Waals surface area contributed by atoms with Crippen molar-refractivity contribution in [3.8, 4) is 0 Å². The lowest BCUT2D eigenvalue weighted by molar-refractivity contribution is -0.121. The first-order valence-electron chi connectivity index (χ1n) is 7.09. The summed E-state index contributed by atoms with van der Waals surface area (Å²) in [4.78, 5) is 11.6.